The monoisotopic (exact) mass is 225 g/mol. The molecular weight excluding hydrogens is 210 g/mol. The van der Waals surface area contributed by atoms with Gasteiger partial charge in [-0.05, 0) is 12.8 Å². The molecule has 1 rings (SSSR count). The normalized spacial score (nSPS) is 10.3. The number of nitrogens with zero attached hydrogens (tertiary/aromatic N) is 2. The van der Waals surface area contributed by atoms with E-state index in [4.69, 9.17) is 5.41 Å². The fourth-order valence-electron chi connectivity index (χ4n) is 1.50. The number of unbranched alkanes of at least 4 members (excludes halogenated alkanes) is 2. The van der Waals surface area contributed by atoms with Gasteiger partial charge in [-0.3, -0.25) is 15.5 Å². The molecule has 88 valence electrons. The molecule has 0 aliphatic carbocycles. The standard InChI is InChI=1S/C10H15N3O3/c1-2-3-4-5-8-7-12(14)10(11)6-9(8)13(15)16/h6-7,11,14H,2-5H2,1H3. The smallest absolute Gasteiger partial charge is 0.277 e. The van der Waals surface area contributed by atoms with Crippen LogP contribution < -0.4 is 5.49 Å². The molecule has 0 radical (unpaired) electrons. The van der Waals surface area contributed by atoms with Crippen LogP contribution in [0.25, 0.3) is 0 Å². The van der Waals surface area contributed by atoms with Crippen molar-refractivity contribution in [3.63, 3.8) is 0 Å². The Morgan fingerprint density at radius 2 is 2.25 bits per heavy atom. The lowest BCUT2D eigenvalue weighted by molar-refractivity contribution is -0.385. The van der Waals surface area contributed by atoms with Crippen molar-refractivity contribution >= 4 is 5.69 Å². The van der Waals surface area contributed by atoms with Gasteiger partial charge >= 0.3 is 0 Å². The van der Waals surface area contributed by atoms with E-state index in [1.54, 1.807) is 0 Å². The number of rotatable bonds is 5. The molecule has 2 N–H and O–H groups in total. The second kappa shape index (κ2) is 5.29. The van der Waals surface area contributed by atoms with E-state index in [1.165, 1.54) is 6.20 Å². The molecule has 1 aromatic rings. The van der Waals surface area contributed by atoms with Crippen molar-refractivity contribution in [3.05, 3.63) is 33.4 Å². The molecule has 0 spiro atoms. The lowest BCUT2D eigenvalue weighted by Crippen LogP contribution is -2.18. The molecule has 0 atom stereocenters. The zero-order valence-electron chi connectivity index (χ0n) is 9.14. The van der Waals surface area contributed by atoms with Gasteiger partial charge in [-0.2, -0.15) is 4.73 Å². The van der Waals surface area contributed by atoms with E-state index in [9.17, 15) is 15.3 Å². The van der Waals surface area contributed by atoms with Crippen molar-refractivity contribution < 1.29 is 10.1 Å². The summed E-state index contributed by atoms with van der Waals surface area (Å²) in [5.41, 5.74) is 0.0919. The zero-order chi connectivity index (χ0) is 12.1. The summed E-state index contributed by atoms with van der Waals surface area (Å²) >= 11 is 0. The van der Waals surface area contributed by atoms with Gasteiger partial charge in [-0.25, -0.2) is 0 Å². The van der Waals surface area contributed by atoms with Gasteiger partial charge in [0.25, 0.3) is 5.69 Å². The van der Waals surface area contributed by atoms with Gasteiger partial charge in [0, 0.05) is 5.56 Å². The van der Waals surface area contributed by atoms with Crippen molar-refractivity contribution in [2.75, 3.05) is 0 Å². The average Bonchev–Trinajstić information content (AvgIpc) is 2.23. The van der Waals surface area contributed by atoms with Crippen LogP contribution in [-0.2, 0) is 6.42 Å². The number of pyridine rings is 1. The van der Waals surface area contributed by atoms with Gasteiger partial charge in [0.2, 0.25) is 0 Å². The molecule has 0 fully saturated rings. The Morgan fingerprint density at radius 3 is 2.81 bits per heavy atom. The maximum Gasteiger partial charge on any atom is 0.277 e. The van der Waals surface area contributed by atoms with E-state index >= 15 is 0 Å². The molecule has 1 aromatic heterocycles. The fraction of sp³-hybridized carbons (Fsp3) is 0.500. The third-order valence-corrected chi connectivity index (χ3v) is 2.37. The van der Waals surface area contributed by atoms with Crippen LogP contribution in [0.4, 0.5) is 5.69 Å². The highest BCUT2D eigenvalue weighted by molar-refractivity contribution is 5.37. The van der Waals surface area contributed by atoms with E-state index in [1.807, 2.05) is 6.92 Å². The maximum atomic E-state index is 10.7. The Hall–Kier alpha value is -1.85. The minimum absolute atomic E-state index is 0.0913. The second-order valence-electron chi connectivity index (χ2n) is 3.63. The average molecular weight is 225 g/mol. The van der Waals surface area contributed by atoms with Crippen molar-refractivity contribution in [1.82, 2.24) is 4.73 Å². The van der Waals surface area contributed by atoms with Gasteiger partial charge in [0.05, 0.1) is 17.2 Å². The lowest BCUT2D eigenvalue weighted by Gasteiger charge is -2.04. The molecule has 0 saturated carbocycles. The Balaban J connectivity index is 3.00. The number of hydrogen-bond acceptors (Lipinski definition) is 4. The van der Waals surface area contributed by atoms with Crippen molar-refractivity contribution in [1.29, 1.82) is 5.41 Å². The summed E-state index contributed by atoms with van der Waals surface area (Å²) in [6.07, 6.45) is 4.66. The number of nitrogens with one attached hydrogen (secondary N) is 1. The summed E-state index contributed by atoms with van der Waals surface area (Å²) < 4.78 is 0.605. The molecule has 0 aliphatic heterocycles. The van der Waals surface area contributed by atoms with Gasteiger partial charge in [0.1, 0.15) is 0 Å². The SMILES string of the molecule is CCCCCc1cn(O)c(=N)cc1[N+](=O)[O-]. The topological polar surface area (TPSA) is 92.2 Å². The van der Waals surface area contributed by atoms with E-state index in [2.05, 4.69) is 0 Å². The Labute approximate surface area is 92.8 Å². The number of aryl methyl sites for hydroxylation is 1. The second-order valence-corrected chi connectivity index (χ2v) is 3.63. The molecule has 0 aromatic carbocycles. The van der Waals surface area contributed by atoms with Crippen LogP contribution >= 0.6 is 0 Å². The van der Waals surface area contributed by atoms with E-state index in [-0.39, 0.29) is 11.2 Å². The number of nitro groups is 1. The van der Waals surface area contributed by atoms with Crippen molar-refractivity contribution in [2.24, 2.45) is 0 Å². The predicted octanol–water partition coefficient (Wildman–Crippen LogP) is 1.85. The molecule has 6 nitrogen and oxygen atoms in total. The molecule has 6 heteroatoms. The molecule has 0 bridgehead atoms. The van der Waals surface area contributed by atoms with E-state index in [0.29, 0.717) is 16.7 Å². The summed E-state index contributed by atoms with van der Waals surface area (Å²) in [5.74, 6) is 0. The first kappa shape index (κ1) is 12.2. The van der Waals surface area contributed by atoms with Gasteiger partial charge in [-0.15, -0.1) is 0 Å². The third-order valence-electron chi connectivity index (χ3n) is 2.37. The quantitative estimate of drug-likeness (QED) is 0.346. The van der Waals surface area contributed by atoms with Gasteiger partial charge in [-0.1, -0.05) is 19.8 Å². The highest BCUT2D eigenvalue weighted by Gasteiger charge is 2.14. The molecule has 0 aliphatic rings. The molecular formula is C10H15N3O3. The van der Waals surface area contributed by atoms with Crippen LogP contribution in [-0.4, -0.2) is 14.9 Å². The minimum Gasteiger partial charge on any atom is -0.427 e. The molecule has 0 unspecified atom stereocenters. The minimum atomic E-state index is -0.515. The first-order chi connectivity index (χ1) is 7.56. The van der Waals surface area contributed by atoms with Crippen LogP contribution in [0.5, 0.6) is 0 Å². The van der Waals surface area contributed by atoms with Crippen LogP contribution in [0.2, 0.25) is 0 Å². The van der Waals surface area contributed by atoms with Crippen molar-refractivity contribution in [2.45, 2.75) is 32.6 Å². The molecule has 16 heavy (non-hydrogen) atoms. The zero-order valence-corrected chi connectivity index (χ0v) is 9.14. The molecule has 1 heterocycles. The predicted molar refractivity (Wildman–Crippen MR) is 57.4 cm³/mol. The van der Waals surface area contributed by atoms with Crippen LogP contribution in [0, 0.1) is 15.5 Å². The largest absolute Gasteiger partial charge is 0.427 e. The van der Waals surface area contributed by atoms with Gasteiger partial charge in [0.15, 0.2) is 5.49 Å². The van der Waals surface area contributed by atoms with Crippen molar-refractivity contribution in [3.8, 4) is 0 Å². The highest BCUT2D eigenvalue weighted by atomic mass is 16.6. The maximum absolute atomic E-state index is 10.7. The number of aromatic nitrogens is 1. The van der Waals surface area contributed by atoms with Crippen LogP contribution in [0.15, 0.2) is 12.3 Å². The summed E-state index contributed by atoms with van der Waals surface area (Å²) in [5, 5.41) is 27.3. The molecule has 0 saturated heterocycles. The summed E-state index contributed by atoms with van der Waals surface area (Å²) in [6.45, 7) is 2.05. The Kier molecular flexibility index (Phi) is 4.04. The first-order valence-corrected chi connectivity index (χ1v) is 5.20. The summed E-state index contributed by atoms with van der Waals surface area (Å²) in [7, 11) is 0. The summed E-state index contributed by atoms with van der Waals surface area (Å²) in [6, 6.07) is 1.07. The fourth-order valence-corrected chi connectivity index (χ4v) is 1.50. The van der Waals surface area contributed by atoms with Crippen LogP contribution in [0.3, 0.4) is 0 Å². The molecule has 0 amide bonds. The third kappa shape index (κ3) is 2.82. The highest BCUT2D eigenvalue weighted by Crippen LogP contribution is 2.17. The van der Waals surface area contributed by atoms with Gasteiger partial charge < -0.3 is 5.21 Å². The summed E-state index contributed by atoms with van der Waals surface area (Å²) in [4.78, 5) is 10.2. The number of hydrogen-bond donors (Lipinski definition) is 2. The van der Waals surface area contributed by atoms with E-state index in [0.717, 1.165) is 25.3 Å². The Morgan fingerprint density at radius 1 is 1.56 bits per heavy atom. The first-order valence-electron chi connectivity index (χ1n) is 5.20. The Bertz CT molecular complexity index is 439. The lowest BCUT2D eigenvalue weighted by atomic mass is 10.1. The van der Waals surface area contributed by atoms with E-state index < -0.39 is 4.92 Å². The van der Waals surface area contributed by atoms with Crippen LogP contribution in [0.1, 0.15) is 31.7 Å².